The fraction of sp³-hybridized carbons (Fsp3) is 0.933. The van der Waals surface area contributed by atoms with Gasteiger partial charge in [-0.05, 0) is 40.7 Å². The Kier molecular flexibility index (Phi) is 6.43. The molecule has 1 rings (SSSR count). The van der Waals surface area contributed by atoms with Crippen molar-refractivity contribution < 1.29 is 4.79 Å². The number of likely N-dealkylation sites (N-methyl/N-ethyl adjacent to an activating group) is 1. The quantitative estimate of drug-likeness (QED) is 0.720. The maximum absolute atomic E-state index is 11.8. The van der Waals surface area contributed by atoms with Crippen LogP contribution in [0.25, 0.3) is 0 Å². The van der Waals surface area contributed by atoms with Crippen molar-refractivity contribution in [2.75, 3.05) is 32.7 Å². The van der Waals surface area contributed by atoms with Gasteiger partial charge >= 0.3 is 0 Å². The number of nitrogens with two attached hydrogens (primary N) is 1. The second kappa shape index (κ2) is 7.38. The molecule has 5 heteroatoms. The van der Waals surface area contributed by atoms with Crippen molar-refractivity contribution in [1.82, 2.24) is 15.1 Å². The first-order chi connectivity index (χ1) is 9.28. The molecule has 0 aromatic carbocycles. The smallest absolute Gasteiger partial charge is 0.237 e. The Morgan fingerprint density at radius 2 is 1.80 bits per heavy atom. The van der Waals surface area contributed by atoms with Crippen LogP contribution < -0.4 is 11.1 Å². The molecule has 3 N–H and O–H groups in total. The number of nitrogens with zero attached hydrogens (tertiary/aromatic N) is 2. The monoisotopic (exact) mass is 284 g/mol. The number of primary amides is 1. The Bertz CT molecular complexity index is 313. The molecule has 2 atom stereocenters. The molecule has 0 bridgehead atoms. The third-order valence-corrected chi connectivity index (χ3v) is 4.33. The highest BCUT2D eigenvalue weighted by atomic mass is 16.1. The van der Waals surface area contributed by atoms with Crippen LogP contribution in [0.3, 0.4) is 0 Å². The van der Waals surface area contributed by atoms with Crippen molar-refractivity contribution in [2.24, 2.45) is 5.73 Å². The lowest BCUT2D eigenvalue weighted by Crippen LogP contribution is -2.59. The van der Waals surface area contributed by atoms with Crippen LogP contribution in [0, 0.1) is 0 Å². The van der Waals surface area contributed by atoms with E-state index < -0.39 is 5.54 Å². The molecular formula is C15H32N4O. The lowest BCUT2D eigenvalue weighted by Gasteiger charge is -2.41. The molecule has 1 aliphatic heterocycles. The third-order valence-electron chi connectivity index (χ3n) is 4.33. The van der Waals surface area contributed by atoms with Gasteiger partial charge in [0.1, 0.15) is 0 Å². The Morgan fingerprint density at radius 3 is 2.20 bits per heavy atom. The van der Waals surface area contributed by atoms with Gasteiger partial charge in [0.05, 0.1) is 5.54 Å². The summed E-state index contributed by atoms with van der Waals surface area (Å²) in [4.78, 5) is 16.7. The van der Waals surface area contributed by atoms with Gasteiger partial charge in [0.2, 0.25) is 5.91 Å². The summed E-state index contributed by atoms with van der Waals surface area (Å²) >= 11 is 0. The fourth-order valence-corrected chi connectivity index (χ4v) is 3.11. The molecule has 0 aromatic heterocycles. The number of carbonyl (C=O) groups is 1. The highest BCUT2D eigenvalue weighted by Crippen LogP contribution is 2.18. The first-order valence-electron chi connectivity index (χ1n) is 7.82. The number of amides is 1. The molecule has 1 heterocycles. The van der Waals surface area contributed by atoms with Crippen molar-refractivity contribution in [2.45, 2.75) is 58.7 Å². The SMILES string of the molecule is CCN1CCN(C(C)CC(C)(NC(C)C)C(N)=O)CC1. The van der Waals surface area contributed by atoms with E-state index in [1.54, 1.807) is 0 Å². The maximum atomic E-state index is 11.8. The normalized spacial score (nSPS) is 22.7. The van der Waals surface area contributed by atoms with Gasteiger partial charge in [0.25, 0.3) is 0 Å². The summed E-state index contributed by atoms with van der Waals surface area (Å²) in [6, 6.07) is 0.606. The van der Waals surface area contributed by atoms with E-state index in [0.717, 1.165) is 39.1 Å². The zero-order chi connectivity index (χ0) is 15.3. The molecule has 0 saturated carbocycles. The van der Waals surface area contributed by atoms with E-state index in [-0.39, 0.29) is 11.9 Å². The van der Waals surface area contributed by atoms with Gasteiger partial charge in [-0.25, -0.2) is 0 Å². The van der Waals surface area contributed by atoms with Crippen molar-refractivity contribution in [1.29, 1.82) is 0 Å². The van der Waals surface area contributed by atoms with Crippen molar-refractivity contribution >= 4 is 5.91 Å². The van der Waals surface area contributed by atoms with Gasteiger partial charge in [0.15, 0.2) is 0 Å². The van der Waals surface area contributed by atoms with Gasteiger partial charge in [-0.2, -0.15) is 0 Å². The van der Waals surface area contributed by atoms with E-state index in [4.69, 9.17) is 5.73 Å². The average Bonchev–Trinajstić information content (AvgIpc) is 2.37. The molecule has 1 saturated heterocycles. The third kappa shape index (κ3) is 4.72. The van der Waals surface area contributed by atoms with Gasteiger partial charge in [-0.3, -0.25) is 9.69 Å². The summed E-state index contributed by atoms with van der Waals surface area (Å²) in [6.45, 7) is 15.9. The topological polar surface area (TPSA) is 61.6 Å². The van der Waals surface area contributed by atoms with E-state index in [9.17, 15) is 4.79 Å². The maximum Gasteiger partial charge on any atom is 0.237 e. The van der Waals surface area contributed by atoms with Crippen LogP contribution in [-0.4, -0.2) is 66.1 Å². The van der Waals surface area contributed by atoms with Crippen molar-refractivity contribution in [3.63, 3.8) is 0 Å². The number of nitrogens with one attached hydrogen (secondary N) is 1. The minimum Gasteiger partial charge on any atom is -0.368 e. The van der Waals surface area contributed by atoms with Gasteiger partial charge in [-0.15, -0.1) is 0 Å². The predicted octanol–water partition coefficient (Wildman–Crippen LogP) is 0.645. The second-order valence-corrected chi connectivity index (χ2v) is 6.52. The van der Waals surface area contributed by atoms with Gasteiger partial charge in [-0.1, -0.05) is 6.92 Å². The highest BCUT2D eigenvalue weighted by Gasteiger charge is 2.35. The highest BCUT2D eigenvalue weighted by molar-refractivity contribution is 5.84. The Morgan fingerprint density at radius 1 is 1.25 bits per heavy atom. The summed E-state index contributed by atoms with van der Waals surface area (Å²) in [6.07, 6.45) is 0.757. The van der Waals surface area contributed by atoms with E-state index in [1.807, 2.05) is 20.8 Å². The summed E-state index contributed by atoms with van der Waals surface area (Å²) < 4.78 is 0. The minimum absolute atomic E-state index is 0.247. The Hall–Kier alpha value is -0.650. The summed E-state index contributed by atoms with van der Waals surface area (Å²) in [5.74, 6) is -0.259. The lowest BCUT2D eigenvalue weighted by molar-refractivity contribution is -0.125. The summed E-state index contributed by atoms with van der Waals surface area (Å²) in [5, 5.41) is 3.33. The number of rotatable bonds is 7. The molecule has 1 aliphatic rings. The largest absolute Gasteiger partial charge is 0.368 e. The zero-order valence-corrected chi connectivity index (χ0v) is 13.8. The van der Waals surface area contributed by atoms with Crippen LogP contribution >= 0.6 is 0 Å². The first-order valence-corrected chi connectivity index (χ1v) is 7.82. The Balaban J connectivity index is 2.58. The lowest BCUT2D eigenvalue weighted by atomic mass is 9.91. The van der Waals surface area contributed by atoms with E-state index in [0.29, 0.717) is 6.04 Å². The standard InChI is InChI=1S/C15H32N4O/c1-6-18-7-9-19(10-8-18)13(4)11-15(5,14(16)20)17-12(2)3/h12-13,17H,6-11H2,1-5H3,(H2,16,20). The average molecular weight is 284 g/mol. The Labute approximate surface area is 123 Å². The number of piperazine rings is 1. The molecule has 2 unspecified atom stereocenters. The molecule has 118 valence electrons. The van der Waals surface area contributed by atoms with E-state index in [2.05, 4.69) is 29.0 Å². The number of hydrogen-bond acceptors (Lipinski definition) is 4. The molecule has 5 nitrogen and oxygen atoms in total. The van der Waals surface area contributed by atoms with Crippen LogP contribution in [-0.2, 0) is 4.79 Å². The number of carbonyl (C=O) groups excluding carboxylic acids is 1. The van der Waals surface area contributed by atoms with Crippen LogP contribution in [0.2, 0.25) is 0 Å². The molecule has 1 amide bonds. The molecule has 0 aromatic rings. The summed E-state index contributed by atoms with van der Waals surface area (Å²) in [5.41, 5.74) is 4.98. The van der Waals surface area contributed by atoms with Gasteiger partial charge in [0, 0.05) is 38.3 Å². The molecular weight excluding hydrogens is 252 g/mol. The first kappa shape index (κ1) is 17.4. The molecule has 1 fully saturated rings. The van der Waals surface area contributed by atoms with Crippen molar-refractivity contribution in [3.05, 3.63) is 0 Å². The van der Waals surface area contributed by atoms with E-state index >= 15 is 0 Å². The zero-order valence-electron chi connectivity index (χ0n) is 13.8. The summed E-state index contributed by atoms with van der Waals surface area (Å²) in [7, 11) is 0. The minimum atomic E-state index is -0.629. The van der Waals surface area contributed by atoms with E-state index in [1.165, 1.54) is 0 Å². The van der Waals surface area contributed by atoms with Crippen LogP contribution in [0.5, 0.6) is 0 Å². The molecule has 0 radical (unpaired) electrons. The van der Waals surface area contributed by atoms with Crippen LogP contribution in [0.1, 0.15) is 41.0 Å². The second-order valence-electron chi connectivity index (χ2n) is 6.52. The van der Waals surface area contributed by atoms with Crippen LogP contribution in [0.4, 0.5) is 0 Å². The van der Waals surface area contributed by atoms with Gasteiger partial charge < -0.3 is 16.0 Å². The number of hydrogen-bond donors (Lipinski definition) is 2. The predicted molar refractivity (Wildman–Crippen MR) is 83.6 cm³/mol. The molecule has 0 spiro atoms. The molecule has 20 heavy (non-hydrogen) atoms. The molecule has 0 aliphatic carbocycles. The fourth-order valence-electron chi connectivity index (χ4n) is 3.11. The van der Waals surface area contributed by atoms with Crippen LogP contribution in [0.15, 0.2) is 0 Å². The van der Waals surface area contributed by atoms with Crippen molar-refractivity contribution in [3.8, 4) is 0 Å².